The van der Waals surface area contributed by atoms with Crippen LogP contribution >= 0.6 is 0 Å². The minimum atomic E-state index is -0.628. The summed E-state index contributed by atoms with van der Waals surface area (Å²) in [6.45, 7) is 11.1. The zero-order valence-corrected chi connectivity index (χ0v) is 13.9. The maximum absolute atomic E-state index is 10.9. The number of hydrogen-bond donors (Lipinski definition) is 1. The highest BCUT2D eigenvalue weighted by atomic mass is 28.2. The van der Waals surface area contributed by atoms with Crippen molar-refractivity contribution < 1.29 is 14.3 Å². The fourth-order valence-corrected chi connectivity index (χ4v) is 3.60. The molecule has 0 unspecified atom stereocenters. The fraction of sp³-hybridized carbons (Fsp3) is 0.929. The molecule has 106 valence electrons. The van der Waals surface area contributed by atoms with Gasteiger partial charge < -0.3 is 9.53 Å². The summed E-state index contributed by atoms with van der Waals surface area (Å²) in [4.78, 5) is 10.9. The summed E-state index contributed by atoms with van der Waals surface area (Å²) in [6, 6.07) is 0. The molecule has 0 radical (unpaired) electrons. The molecule has 0 amide bonds. The zero-order chi connectivity index (χ0) is 14.0. The Morgan fingerprint density at radius 3 is 2.00 bits per heavy atom. The van der Waals surface area contributed by atoms with E-state index in [-0.39, 0.29) is 11.5 Å². The van der Waals surface area contributed by atoms with E-state index in [4.69, 9.17) is 9.53 Å². The van der Waals surface area contributed by atoms with E-state index in [1.54, 1.807) is 0 Å². The van der Waals surface area contributed by atoms with Crippen molar-refractivity contribution >= 4 is 15.7 Å². The molecule has 0 aliphatic heterocycles. The highest BCUT2D eigenvalue weighted by Crippen LogP contribution is 2.38. The van der Waals surface area contributed by atoms with Crippen molar-refractivity contribution in [2.75, 3.05) is 0 Å². The van der Waals surface area contributed by atoms with Crippen LogP contribution in [0.3, 0.4) is 0 Å². The van der Waals surface area contributed by atoms with Crippen molar-refractivity contribution in [3.05, 3.63) is 0 Å². The molecule has 0 spiro atoms. The van der Waals surface area contributed by atoms with Crippen LogP contribution in [0.4, 0.5) is 0 Å². The van der Waals surface area contributed by atoms with Crippen molar-refractivity contribution in [1.29, 1.82) is 0 Å². The number of aliphatic carboxylic acids is 1. The molecule has 18 heavy (non-hydrogen) atoms. The molecular formula is C14H28O3Si. The van der Waals surface area contributed by atoms with Crippen molar-refractivity contribution in [2.45, 2.75) is 70.9 Å². The average molecular weight is 272 g/mol. The van der Waals surface area contributed by atoms with E-state index in [9.17, 15) is 4.79 Å². The molecule has 0 aromatic heterocycles. The molecule has 0 aromatic rings. The third-order valence-corrected chi connectivity index (χ3v) is 5.69. The third-order valence-electron chi connectivity index (χ3n) is 3.94. The first kappa shape index (κ1) is 15.7. The van der Waals surface area contributed by atoms with Gasteiger partial charge in [0.05, 0.1) is 11.5 Å². The molecule has 1 aliphatic carbocycles. The van der Waals surface area contributed by atoms with E-state index in [2.05, 4.69) is 34.6 Å². The Morgan fingerprint density at radius 2 is 1.61 bits per heavy atom. The highest BCUT2D eigenvalue weighted by Gasteiger charge is 2.36. The van der Waals surface area contributed by atoms with Gasteiger partial charge >= 0.3 is 5.97 Å². The van der Waals surface area contributed by atoms with Gasteiger partial charge in [-0.05, 0) is 50.5 Å². The lowest BCUT2D eigenvalue weighted by molar-refractivity contribution is -0.143. The number of rotatable bonds is 4. The Kier molecular flexibility index (Phi) is 5.01. The Hall–Kier alpha value is -0.353. The van der Waals surface area contributed by atoms with Gasteiger partial charge in [0.2, 0.25) is 0 Å². The van der Waals surface area contributed by atoms with E-state index >= 15 is 0 Å². The molecule has 1 fully saturated rings. The number of carboxylic acids is 1. The van der Waals surface area contributed by atoms with Crippen LogP contribution in [0.5, 0.6) is 0 Å². The summed E-state index contributed by atoms with van der Waals surface area (Å²) in [5.41, 5.74) is -0.0804. The first-order valence-corrected chi connectivity index (χ1v) is 8.27. The van der Waals surface area contributed by atoms with Crippen LogP contribution in [-0.2, 0) is 9.22 Å². The molecule has 0 heterocycles. The molecule has 0 atom stereocenters. The first-order chi connectivity index (χ1) is 8.12. The van der Waals surface area contributed by atoms with E-state index < -0.39 is 15.7 Å². The Bertz CT molecular complexity index is 286. The van der Waals surface area contributed by atoms with Gasteiger partial charge in [-0.2, -0.15) is 0 Å². The second-order valence-electron chi connectivity index (χ2n) is 7.34. The van der Waals surface area contributed by atoms with Crippen LogP contribution in [0.25, 0.3) is 0 Å². The molecule has 1 aliphatic rings. The lowest BCUT2D eigenvalue weighted by Crippen LogP contribution is -2.40. The predicted molar refractivity (Wildman–Crippen MR) is 76.5 cm³/mol. The van der Waals surface area contributed by atoms with Gasteiger partial charge in [-0.25, -0.2) is 0 Å². The highest BCUT2D eigenvalue weighted by molar-refractivity contribution is 6.31. The first-order valence-electron chi connectivity index (χ1n) is 6.98. The van der Waals surface area contributed by atoms with Gasteiger partial charge in [-0.1, -0.05) is 20.8 Å². The van der Waals surface area contributed by atoms with Crippen LogP contribution in [0, 0.1) is 11.8 Å². The van der Waals surface area contributed by atoms with Gasteiger partial charge in [-0.15, -0.1) is 0 Å². The van der Waals surface area contributed by atoms with Crippen molar-refractivity contribution in [2.24, 2.45) is 11.8 Å². The fourth-order valence-electron chi connectivity index (χ4n) is 2.56. The quantitative estimate of drug-likeness (QED) is 0.800. The minimum Gasteiger partial charge on any atom is -0.481 e. The lowest BCUT2D eigenvalue weighted by Gasteiger charge is -2.40. The van der Waals surface area contributed by atoms with Crippen LogP contribution in [0.1, 0.15) is 60.3 Å². The average Bonchev–Trinajstić information content (AvgIpc) is 2.26. The monoisotopic (exact) mass is 272 g/mol. The predicted octanol–water partition coefficient (Wildman–Crippen LogP) is 2.97. The van der Waals surface area contributed by atoms with E-state index in [0.29, 0.717) is 11.0 Å². The van der Waals surface area contributed by atoms with Gasteiger partial charge in [0.15, 0.2) is 9.76 Å². The topological polar surface area (TPSA) is 46.5 Å². The van der Waals surface area contributed by atoms with Crippen molar-refractivity contribution in [3.8, 4) is 0 Å². The minimum absolute atomic E-state index is 0.0804. The van der Waals surface area contributed by atoms with Crippen molar-refractivity contribution in [1.82, 2.24) is 0 Å². The molecule has 1 N–H and O–H groups in total. The molecule has 1 rings (SSSR count). The van der Waals surface area contributed by atoms with E-state index in [0.717, 1.165) is 25.7 Å². The summed E-state index contributed by atoms with van der Waals surface area (Å²) >= 11 is 0. The van der Waals surface area contributed by atoms with Gasteiger partial charge in [0.25, 0.3) is 0 Å². The molecule has 0 bridgehead atoms. The van der Waals surface area contributed by atoms with Crippen LogP contribution in [0.2, 0.25) is 5.04 Å². The molecule has 4 heteroatoms. The molecule has 0 saturated heterocycles. The maximum Gasteiger partial charge on any atom is 0.306 e. The summed E-state index contributed by atoms with van der Waals surface area (Å²) in [6.07, 6.45) is 3.60. The van der Waals surface area contributed by atoms with Crippen LogP contribution < -0.4 is 0 Å². The van der Waals surface area contributed by atoms with Crippen molar-refractivity contribution in [3.63, 3.8) is 0 Å². The van der Waals surface area contributed by atoms with Gasteiger partial charge in [0.1, 0.15) is 0 Å². The Morgan fingerprint density at radius 1 is 1.11 bits per heavy atom. The third kappa shape index (κ3) is 4.73. The molecule has 3 nitrogen and oxygen atoms in total. The summed E-state index contributed by atoms with van der Waals surface area (Å²) in [5.74, 6) is -0.240. The van der Waals surface area contributed by atoms with Gasteiger partial charge in [0, 0.05) is 0 Å². The Labute approximate surface area is 113 Å². The SMILES string of the molecule is CC(C)(C)[SiH2]OC(C)(C)[C@H]1CC[C@H](C(=O)O)CC1. The lowest BCUT2D eigenvalue weighted by atomic mass is 9.75. The maximum atomic E-state index is 10.9. The summed E-state index contributed by atoms with van der Waals surface area (Å²) in [5, 5.41) is 9.33. The second-order valence-corrected chi connectivity index (χ2v) is 10.0. The zero-order valence-electron chi connectivity index (χ0n) is 12.5. The normalized spacial score (nSPS) is 26.7. The van der Waals surface area contributed by atoms with Crippen LogP contribution in [-0.4, -0.2) is 26.4 Å². The van der Waals surface area contributed by atoms with E-state index in [1.807, 2.05) is 0 Å². The number of hydrogen-bond acceptors (Lipinski definition) is 2. The summed E-state index contributed by atoms with van der Waals surface area (Å²) in [7, 11) is -0.545. The van der Waals surface area contributed by atoms with Gasteiger partial charge in [-0.3, -0.25) is 4.79 Å². The van der Waals surface area contributed by atoms with Crippen LogP contribution in [0.15, 0.2) is 0 Å². The number of carboxylic acid groups (broad SMARTS) is 1. The smallest absolute Gasteiger partial charge is 0.306 e. The molecule has 1 saturated carbocycles. The summed E-state index contributed by atoms with van der Waals surface area (Å²) < 4.78 is 6.22. The second kappa shape index (κ2) is 5.74. The van der Waals surface area contributed by atoms with E-state index in [1.165, 1.54) is 0 Å². The molecule has 0 aromatic carbocycles. The largest absolute Gasteiger partial charge is 0.481 e. The Balaban J connectivity index is 2.47. The number of carbonyl (C=O) groups is 1. The standard InChI is InChI=1S/C14H28O3Si/c1-13(2,3)18-17-14(4,5)11-8-6-10(7-9-11)12(15)16/h10-11H,6-9,18H2,1-5H3,(H,15,16)/t10-,11-. The molecular weight excluding hydrogens is 244 g/mol.